The quantitative estimate of drug-likeness (QED) is 0.751. The number of hydrogen-bond acceptors (Lipinski definition) is 3. The molecule has 0 amide bonds. The maximum atomic E-state index is 5.83. The van der Waals surface area contributed by atoms with Gasteiger partial charge in [0.1, 0.15) is 5.76 Å². The molecular weight excluding hydrogens is 194 g/mol. The molecule has 0 atom stereocenters. The molecule has 1 aliphatic carbocycles. The normalized spacial score (nSPS) is 16.8. The van der Waals surface area contributed by atoms with E-state index in [1.165, 1.54) is 18.5 Å². The third kappa shape index (κ3) is 1.70. The van der Waals surface area contributed by atoms with Gasteiger partial charge in [0.25, 0.3) is 0 Å². The van der Waals surface area contributed by atoms with Gasteiger partial charge in [0.05, 0.1) is 10.4 Å². The van der Waals surface area contributed by atoms with Crippen LogP contribution in [-0.2, 0) is 17.6 Å². The molecule has 0 bridgehead atoms. The summed E-state index contributed by atoms with van der Waals surface area (Å²) in [4.78, 5) is 4.61. The van der Waals surface area contributed by atoms with Crippen LogP contribution in [-0.4, -0.2) is 11.2 Å². The molecule has 0 aliphatic heterocycles. The first kappa shape index (κ1) is 10.1. The highest BCUT2D eigenvalue weighted by Crippen LogP contribution is 2.35. The standard InChI is InChI=1S/C11H17NOS/c1-11(2,14-3)10-12-8-6-4-5-7-9(8)13-10/h4-7H2,1-3H3. The highest BCUT2D eigenvalue weighted by atomic mass is 32.2. The minimum Gasteiger partial charge on any atom is -0.444 e. The largest absolute Gasteiger partial charge is 0.444 e. The summed E-state index contributed by atoms with van der Waals surface area (Å²) >= 11 is 1.79. The van der Waals surface area contributed by atoms with Crippen LogP contribution in [0.5, 0.6) is 0 Å². The predicted molar refractivity (Wildman–Crippen MR) is 59.7 cm³/mol. The lowest BCUT2D eigenvalue weighted by atomic mass is 10.0. The van der Waals surface area contributed by atoms with E-state index in [4.69, 9.17) is 4.42 Å². The van der Waals surface area contributed by atoms with Crippen LogP contribution in [0.1, 0.15) is 44.0 Å². The van der Waals surface area contributed by atoms with E-state index in [2.05, 4.69) is 25.1 Å². The number of nitrogens with zero attached hydrogens (tertiary/aromatic N) is 1. The highest BCUT2D eigenvalue weighted by molar-refractivity contribution is 7.99. The van der Waals surface area contributed by atoms with Crippen molar-refractivity contribution in [3.05, 3.63) is 17.3 Å². The summed E-state index contributed by atoms with van der Waals surface area (Å²) < 4.78 is 5.84. The third-order valence-corrected chi connectivity index (χ3v) is 4.07. The number of oxazole rings is 1. The van der Waals surface area contributed by atoms with Gasteiger partial charge in [-0.2, -0.15) is 0 Å². The Bertz CT molecular complexity index is 307. The van der Waals surface area contributed by atoms with Gasteiger partial charge in [-0.3, -0.25) is 0 Å². The molecule has 0 N–H and O–H groups in total. The Balaban J connectivity index is 2.32. The third-order valence-electron chi connectivity index (χ3n) is 2.87. The topological polar surface area (TPSA) is 26.0 Å². The van der Waals surface area contributed by atoms with E-state index in [1.54, 1.807) is 11.8 Å². The van der Waals surface area contributed by atoms with Crippen LogP contribution in [0.3, 0.4) is 0 Å². The lowest BCUT2D eigenvalue weighted by Crippen LogP contribution is -2.11. The molecule has 1 heterocycles. The molecule has 0 aromatic carbocycles. The van der Waals surface area contributed by atoms with Crippen LogP contribution >= 0.6 is 11.8 Å². The second-order valence-electron chi connectivity index (χ2n) is 4.31. The predicted octanol–water partition coefficient (Wildman–Crippen LogP) is 3.15. The Kier molecular flexibility index (Phi) is 2.60. The zero-order chi connectivity index (χ0) is 10.2. The molecule has 14 heavy (non-hydrogen) atoms. The molecule has 3 heteroatoms. The lowest BCUT2D eigenvalue weighted by molar-refractivity contribution is 0.411. The second-order valence-corrected chi connectivity index (χ2v) is 5.74. The molecule has 0 unspecified atom stereocenters. The molecule has 1 aromatic rings. The molecule has 0 spiro atoms. The average Bonchev–Trinajstić information content (AvgIpc) is 2.61. The number of thioether (sulfide) groups is 1. The maximum Gasteiger partial charge on any atom is 0.210 e. The number of rotatable bonds is 2. The summed E-state index contributed by atoms with van der Waals surface area (Å²) in [5.41, 5.74) is 1.20. The molecule has 2 nitrogen and oxygen atoms in total. The van der Waals surface area contributed by atoms with E-state index in [0.29, 0.717) is 0 Å². The van der Waals surface area contributed by atoms with Crippen LogP contribution in [0, 0.1) is 0 Å². The van der Waals surface area contributed by atoms with Crippen molar-refractivity contribution in [3.8, 4) is 0 Å². The molecule has 1 aromatic heterocycles. The highest BCUT2D eigenvalue weighted by Gasteiger charge is 2.28. The number of aromatic nitrogens is 1. The molecule has 1 aliphatic rings. The summed E-state index contributed by atoms with van der Waals surface area (Å²) in [5.74, 6) is 2.03. The van der Waals surface area contributed by atoms with Crippen molar-refractivity contribution in [2.45, 2.75) is 44.3 Å². The zero-order valence-corrected chi connectivity index (χ0v) is 9.91. The molecular formula is C11H17NOS. The Morgan fingerprint density at radius 2 is 2.00 bits per heavy atom. The molecule has 78 valence electrons. The summed E-state index contributed by atoms with van der Waals surface area (Å²) in [6.07, 6.45) is 6.79. The van der Waals surface area contributed by atoms with Gasteiger partial charge < -0.3 is 4.42 Å². The first-order valence-corrected chi connectivity index (χ1v) is 6.40. The Hall–Kier alpha value is -0.440. The van der Waals surface area contributed by atoms with E-state index in [1.807, 2.05) is 0 Å². The van der Waals surface area contributed by atoms with Crippen molar-refractivity contribution < 1.29 is 4.42 Å². The van der Waals surface area contributed by atoms with Gasteiger partial charge in [0.2, 0.25) is 5.89 Å². The van der Waals surface area contributed by atoms with E-state index in [0.717, 1.165) is 24.5 Å². The van der Waals surface area contributed by atoms with Crippen LogP contribution in [0.15, 0.2) is 4.42 Å². The summed E-state index contributed by atoms with van der Waals surface area (Å²) in [6.45, 7) is 4.32. The van der Waals surface area contributed by atoms with Gasteiger partial charge in [0.15, 0.2) is 0 Å². The van der Waals surface area contributed by atoms with Crippen molar-refractivity contribution in [3.63, 3.8) is 0 Å². The lowest BCUT2D eigenvalue weighted by Gasteiger charge is -2.16. The Morgan fingerprint density at radius 3 is 2.64 bits per heavy atom. The van der Waals surface area contributed by atoms with Gasteiger partial charge >= 0.3 is 0 Å². The van der Waals surface area contributed by atoms with E-state index < -0.39 is 0 Å². The molecule has 0 saturated heterocycles. The Morgan fingerprint density at radius 1 is 1.29 bits per heavy atom. The van der Waals surface area contributed by atoms with Crippen molar-refractivity contribution in [2.24, 2.45) is 0 Å². The summed E-state index contributed by atoms with van der Waals surface area (Å²) in [5, 5.41) is 0. The second kappa shape index (κ2) is 3.61. The van der Waals surface area contributed by atoms with E-state index in [9.17, 15) is 0 Å². The first-order chi connectivity index (χ1) is 6.63. The summed E-state index contributed by atoms with van der Waals surface area (Å²) in [7, 11) is 0. The van der Waals surface area contributed by atoms with Gasteiger partial charge in [-0.15, -0.1) is 11.8 Å². The van der Waals surface area contributed by atoms with Gasteiger partial charge in [0, 0.05) is 6.42 Å². The number of fused-ring (bicyclic) bond motifs is 1. The maximum absolute atomic E-state index is 5.83. The van der Waals surface area contributed by atoms with Gasteiger partial charge in [-0.1, -0.05) is 0 Å². The average molecular weight is 211 g/mol. The molecule has 2 rings (SSSR count). The minimum atomic E-state index is 0.0113. The van der Waals surface area contributed by atoms with Crippen LogP contribution < -0.4 is 0 Å². The van der Waals surface area contributed by atoms with Crippen molar-refractivity contribution in [2.75, 3.05) is 6.26 Å². The fraction of sp³-hybridized carbons (Fsp3) is 0.727. The summed E-state index contributed by atoms with van der Waals surface area (Å²) in [6, 6.07) is 0. The van der Waals surface area contributed by atoms with E-state index >= 15 is 0 Å². The fourth-order valence-corrected chi connectivity index (χ4v) is 1.96. The van der Waals surface area contributed by atoms with E-state index in [-0.39, 0.29) is 4.75 Å². The molecule has 0 saturated carbocycles. The number of aryl methyl sites for hydroxylation is 2. The zero-order valence-electron chi connectivity index (χ0n) is 9.09. The van der Waals surface area contributed by atoms with Gasteiger partial charge in [-0.05, 0) is 39.4 Å². The molecule has 0 radical (unpaired) electrons. The minimum absolute atomic E-state index is 0.0113. The SMILES string of the molecule is CSC(C)(C)c1nc2c(o1)CCCC2. The Labute approximate surface area is 89.5 Å². The smallest absolute Gasteiger partial charge is 0.210 e. The van der Waals surface area contributed by atoms with Crippen molar-refractivity contribution >= 4 is 11.8 Å². The fourth-order valence-electron chi connectivity index (χ4n) is 1.70. The van der Waals surface area contributed by atoms with Crippen LogP contribution in [0.4, 0.5) is 0 Å². The van der Waals surface area contributed by atoms with Gasteiger partial charge in [-0.25, -0.2) is 4.98 Å². The molecule has 0 fully saturated rings. The van der Waals surface area contributed by atoms with Crippen molar-refractivity contribution in [1.82, 2.24) is 4.98 Å². The first-order valence-electron chi connectivity index (χ1n) is 5.17. The number of hydrogen-bond donors (Lipinski definition) is 0. The van der Waals surface area contributed by atoms with Crippen molar-refractivity contribution in [1.29, 1.82) is 0 Å². The van der Waals surface area contributed by atoms with Crippen LogP contribution in [0.2, 0.25) is 0 Å². The van der Waals surface area contributed by atoms with Crippen LogP contribution in [0.25, 0.3) is 0 Å². The monoisotopic (exact) mass is 211 g/mol.